The molecule has 0 unspecified atom stereocenters. The Morgan fingerprint density at radius 2 is 1.22 bits per heavy atom. The Labute approximate surface area is 206 Å². The second kappa shape index (κ2) is 9.30. The Kier molecular flexibility index (Phi) is 5.55. The molecule has 0 radical (unpaired) electrons. The smallest absolute Gasteiger partial charge is 0.269 e. The molecule has 0 aliphatic carbocycles. The van der Waals surface area contributed by atoms with Gasteiger partial charge in [0.2, 0.25) is 11.8 Å². The molecule has 6 rings (SSSR count). The highest BCUT2D eigenvalue weighted by Crippen LogP contribution is 2.33. The normalized spacial score (nSPS) is 11.0. The molecule has 176 valence electrons. The molecular formula is C27H20N6O3. The molecule has 0 fully saturated rings. The molecule has 0 N–H and O–H groups in total. The highest BCUT2D eigenvalue weighted by Gasteiger charge is 2.24. The maximum Gasteiger partial charge on any atom is 0.269 e. The van der Waals surface area contributed by atoms with Crippen molar-refractivity contribution in [2.24, 2.45) is 0 Å². The molecule has 36 heavy (non-hydrogen) atoms. The molecule has 3 heterocycles. The fraction of sp³-hybridized carbons (Fsp3) is 0.0741. The monoisotopic (exact) mass is 476 g/mol. The third-order valence-electron chi connectivity index (χ3n) is 5.45. The first-order valence-corrected chi connectivity index (χ1v) is 11.4. The van der Waals surface area contributed by atoms with E-state index in [0.29, 0.717) is 35.5 Å². The van der Waals surface area contributed by atoms with Crippen LogP contribution in [-0.4, -0.2) is 36.8 Å². The lowest BCUT2D eigenvalue weighted by molar-refractivity contribution is 0.340. The van der Waals surface area contributed by atoms with Gasteiger partial charge in [-0.25, -0.2) is 4.68 Å². The third-order valence-corrected chi connectivity index (χ3v) is 5.45. The molecule has 9 nitrogen and oxygen atoms in total. The topological polar surface area (TPSA) is 105 Å². The average molecular weight is 476 g/mol. The van der Waals surface area contributed by atoms with E-state index in [4.69, 9.17) is 18.7 Å². The zero-order valence-corrected chi connectivity index (χ0v) is 19.3. The van der Waals surface area contributed by atoms with E-state index in [0.717, 1.165) is 22.6 Å². The van der Waals surface area contributed by atoms with Gasteiger partial charge in [0.15, 0.2) is 5.69 Å². The van der Waals surface area contributed by atoms with Crippen molar-refractivity contribution in [1.29, 1.82) is 0 Å². The van der Waals surface area contributed by atoms with Crippen molar-refractivity contribution in [1.82, 2.24) is 30.2 Å². The van der Waals surface area contributed by atoms with Gasteiger partial charge in [0, 0.05) is 17.3 Å². The molecule has 0 spiro atoms. The van der Waals surface area contributed by atoms with Crippen LogP contribution in [0.25, 0.3) is 51.6 Å². The number of hydrogen-bond donors (Lipinski definition) is 0. The highest BCUT2D eigenvalue weighted by atomic mass is 16.5. The summed E-state index contributed by atoms with van der Waals surface area (Å²) in [4.78, 5) is 0. The molecule has 0 aliphatic rings. The fourth-order valence-corrected chi connectivity index (χ4v) is 3.73. The van der Waals surface area contributed by atoms with Crippen LogP contribution in [0.1, 0.15) is 6.92 Å². The van der Waals surface area contributed by atoms with Crippen LogP contribution in [0.5, 0.6) is 5.75 Å². The maximum atomic E-state index is 6.02. The number of hydrogen-bond acceptors (Lipinski definition) is 8. The summed E-state index contributed by atoms with van der Waals surface area (Å²) in [6, 6.07) is 26.7. The minimum atomic E-state index is 0.244. The number of rotatable bonds is 7. The largest absolute Gasteiger partial charge is 0.494 e. The first kappa shape index (κ1) is 21.5. The van der Waals surface area contributed by atoms with Gasteiger partial charge in [-0.2, -0.15) is 5.10 Å². The summed E-state index contributed by atoms with van der Waals surface area (Å²) >= 11 is 0. The lowest BCUT2D eigenvalue weighted by Gasteiger charge is -2.04. The fourth-order valence-electron chi connectivity index (χ4n) is 3.73. The molecule has 0 saturated heterocycles. The molecule has 3 aromatic carbocycles. The van der Waals surface area contributed by atoms with Gasteiger partial charge in [-0.1, -0.05) is 36.4 Å². The van der Waals surface area contributed by atoms with E-state index in [1.54, 1.807) is 10.9 Å². The summed E-state index contributed by atoms with van der Waals surface area (Å²) in [6.07, 6.45) is 1.81. The molecular weight excluding hydrogens is 456 g/mol. The second-order valence-electron chi connectivity index (χ2n) is 7.82. The Hall–Kier alpha value is -5.05. The summed E-state index contributed by atoms with van der Waals surface area (Å²) in [5.74, 6) is 2.11. The molecule has 0 atom stereocenters. The average Bonchev–Trinajstić information content (AvgIpc) is 3.70. The molecule has 6 aromatic rings. The summed E-state index contributed by atoms with van der Waals surface area (Å²) in [5.41, 5.74) is 3.45. The van der Waals surface area contributed by atoms with E-state index in [9.17, 15) is 0 Å². The van der Waals surface area contributed by atoms with Crippen molar-refractivity contribution in [3.63, 3.8) is 0 Å². The van der Waals surface area contributed by atoms with Crippen molar-refractivity contribution < 1.29 is 13.6 Å². The minimum absolute atomic E-state index is 0.244. The van der Waals surface area contributed by atoms with Crippen molar-refractivity contribution in [2.45, 2.75) is 6.92 Å². The van der Waals surface area contributed by atoms with Crippen LogP contribution in [-0.2, 0) is 0 Å². The van der Waals surface area contributed by atoms with Crippen molar-refractivity contribution in [3.8, 4) is 57.4 Å². The van der Waals surface area contributed by atoms with E-state index in [1.165, 1.54) is 0 Å². The molecule has 9 heteroatoms. The van der Waals surface area contributed by atoms with Crippen LogP contribution >= 0.6 is 0 Å². The van der Waals surface area contributed by atoms with Gasteiger partial charge in [0.1, 0.15) is 5.75 Å². The minimum Gasteiger partial charge on any atom is -0.494 e. The van der Waals surface area contributed by atoms with E-state index in [1.807, 2.05) is 91.9 Å². The third kappa shape index (κ3) is 4.14. The number of benzene rings is 3. The standard InChI is InChI=1S/C27H20N6O3/c1-2-34-21-15-13-20(14-16-21)33-17-22(26-30-28-24(35-26)18-9-5-3-6-10-18)23(32-33)27-31-29-25(36-27)19-11-7-4-8-12-19/h3-17H,2H2,1H3. The molecule has 0 saturated carbocycles. The van der Waals surface area contributed by atoms with Crippen LogP contribution < -0.4 is 4.74 Å². The maximum absolute atomic E-state index is 6.02. The Morgan fingerprint density at radius 1 is 0.667 bits per heavy atom. The summed E-state index contributed by atoms with van der Waals surface area (Å²) in [5, 5.41) is 21.7. The lowest BCUT2D eigenvalue weighted by Crippen LogP contribution is -1.96. The first-order chi connectivity index (χ1) is 17.8. The van der Waals surface area contributed by atoms with Gasteiger partial charge in [-0.15, -0.1) is 20.4 Å². The van der Waals surface area contributed by atoms with Gasteiger partial charge >= 0.3 is 0 Å². The van der Waals surface area contributed by atoms with Crippen LogP contribution in [0.2, 0.25) is 0 Å². The second-order valence-corrected chi connectivity index (χ2v) is 7.82. The van der Waals surface area contributed by atoms with Crippen molar-refractivity contribution >= 4 is 0 Å². The molecule has 3 aromatic heterocycles. The highest BCUT2D eigenvalue weighted by molar-refractivity contribution is 5.73. The molecule has 0 bridgehead atoms. The SMILES string of the molecule is CCOc1ccc(-n2cc(-c3nnc(-c4ccccc4)o3)c(-c3nnc(-c4ccccc4)o3)n2)cc1. The number of ether oxygens (including phenoxy) is 1. The number of aromatic nitrogens is 6. The van der Waals surface area contributed by atoms with Gasteiger partial charge < -0.3 is 13.6 Å². The van der Waals surface area contributed by atoms with Crippen molar-refractivity contribution in [2.75, 3.05) is 6.61 Å². The van der Waals surface area contributed by atoms with Crippen LogP contribution in [0, 0.1) is 0 Å². The van der Waals surface area contributed by atoms with Crippen LogP contribution in [0.4, 0.5) is 0 Å². The van der Waals surface area contributed by atoms with Crippen LogP contribution in [0.15, 0.2) is 100.0 Å². The Balaban J connectivity index is 1.43. The van der Waals surface area contributed by atoms with Crippen molar-refractivity contribution in [3.05, 3.63) is 91.1 Å². The quantitative estimate of drug-likeness (QED) is 0.289. The summed E-state index contributed by atoms with van der Waals surface area (Å²) < 4.78 is 19.3. The summed E-state index contributed by atoms with van der Waals surface area (Å²) in [6.45, 7) is 2.54. The number of nitrogens with zero attached hydrogens (tertiary/aromatic N) is 6. The Morgan fingerprint density at radius 3 is 1.83 bits per heavy atom. The lowest BCUT2D eigenvalue weighted by atomic mass is 10.2. The first-order valence-electron chi connectivity index (χ1n) is 11.4. The predicted molar refractivity (Wildman–Crippen MR) is 132 cm³/mol. The summed E-state index contributed by atoms with van der Waals surface area (Å²) in [7, 11) is 0. The zero-order valence-electron chi connectivity index (χ0n) is 19.3. The molecule has 0 amide bonds. The van der Waals surface area contributed by atoms with Gasteiger partial charge in [0.05, 0.1) is 17.9 Å². The van der Waals surface area contributed by atoms with E-state index < -0.39 is 0 Å². The van der Waals surface area contributed by atoms with E-state index >= 15 is 0 Å². The van der Waals surface area contributed by atoms with Crippen LogP contribution in [0.3, 0.4) is 0 Å². The zero-order chi connectivity index (χ0) is 24.3. The predicted octanol–water partition coefficient (Wildman–Crippen LogP) is 5.71. The molecule has 0 aliphatic heterocycles. The van der Waals surface area contributed by atoms with E-state index in [2.05, 4.69) is 20.4 Å². The van der Waals surface area contributed by atoms with Gasteiger partial charge in [-0.05, 0) is 55.5 Å². The van der Waals surface area contributed by atoms with Gasteiger partial charge in [0.25, 0.3) is 11.8 Å². The van der Waals surface area contributed by atoms with E-state index in [-0.39, 0.29) is 5.89 Å². The Bertz CT molecular complexity index is 1490. The van der Waals surface area contributed by atoms with Gasteiger partial charge in [-0.3, -0.25) is 0 Å².